The molecule has 0 radical (unpaired) electrons. The quantitative estimate of drug-likeness (QED) is 0.572. The summed E-state index contributed by atoms with van der Waals surface area (Å²) in [6.07, 6.45) is 0.799. The average molecular weight is 359 g/mol. The third-order valence-corrected chi connectivity index (χ3v) is 4.00. The van der Waals surface area contributed by atoms with Gasteiger partial charge in [0.15, 0.2) is 12.9 Å². The number of ether oxygens (including phenoxy) is 2. The van der Waals surface area contributed by atoms with Gasteiger partial charge in [-0.1, -0.05) is 11.8 Å². The number of carbonyl (C=O) groups is 2. The summed E-state index contributed by atoms with van der Waals surface area (Å²) < 4.78 is 10.6. The number of rotatable bonds is 6. The van der Waals surface area contributed by atoms with Crippen LogP contribution in [0.5, 0.6) is 5.75 Å². The SMILES string of the molecule is Cc1nc(Sc2ccc(OCC(=O)OC(C)(C)C)cc2)ccc1C=O. The van der Waals surface area contributed by atoms with E-state index >= 15 is 0 Å². The molecule has 6 heteroatoms. The fourth-order valence-electron chi connectivity index (χ4n) is 1.97. The highest BCUT2D eigenvalue weighted by Gasteiger charge is 2.16. The molecule has 2 aromatic rings. The first-order valence-electron chi connectivity index (χ1n) is 7.82. The van der Waals surface area contributed by atoms with E-state index in [2.05, 4.69) is 4.98 Å². The first-order chi connectivity index (χ1) is 11.8. The van der Waals surface area contributed by atoms with Crippen LogP contribution in [-0.2, 0) is 9.53 Å². The second-order valence-electron chi connectivity index (χ2n) is 6.39. The maximum absolute atomic E-state index is 11.6. The lowest BCUT2D eigenvalue weighted by molar-refractivity contribution is -0.157. The summed E-state index contributed by atoms with van der Waals surface area (Å²) in [6, 6.07) is 10.9. The molecule has 1 aromatic carbocycles. The zero-order valence-corrected chi connectivity index (χ0v) is 15.6. The van der Waals surface area contributed by atoms with Crippen molar-refractivity contribution in [2.75, 3.05) is 6.61 Å². The third-order valence-electron chi connectivity index (χ3n) is 3.05. The molecular formula is C19H21NO4S. The molecule has 0 fully saturated rings. The van der Waals surface area contributed by atoms with Crippen molar-refractivity contribution in [3.8, 4) is 5.75 Å². The molecular weight excluding hydrogens is 338 g/mol. The molecule has 0 aliphatic carbocycles. The number of hydrogen-bond acceptors (Lipinski definition) is 6. The number of benzene rings is 1. The molecule has 132 valence electrons. The number of carbonyl (C=O) groups excluding carboxylic acids is 2. The van der Waals surface area contributed by atoms with E-state index in [0.717, 1.165) is 16.2 Å². The lowest BCUT2D eigenvalue weighted by atomic mass is 10.2. The maximum Gasteiger partial charge on any atom is 0.344 e. The molecule has 25 heavy (non-hydrogen) atoms. The Morgan fingerprint density at radius 2 is 1.84 bits per heavy atom. The van der Waals surface area contributed by atoms with Gasteiger partial charge in [0.05, 0.1) is 0 Å². The van der Waals surface area contributed by atoms with E-state index in [4.69, 9.17) is 9.47 Å². The van der Waals surface area contributed by atoms with Gasteiger partial charge in [-0.05, 0) is 64.1 Å². The summed E-state index contributed by atoms with van der Waals surface area (Å²) in [6.45, 7) is 7.12. The second-order valence-corrected chi connectivity index (χ2v) is 7.48. The van der Waals surface area contributed by atoms with Crippen molar-refractivity contribution >= 4 is 24.0 Å². The van der Waals surface area contributed by atoms with E-state index in [0.29, 0.717) is 17.0 Å². The van der Waals surface area contributed by atoms with Gasteiger partial charge in [0.25, 0.3) is 0 Å². The van der Waals surface area contributed by atoms with Crippen LogP contribution in [-0.4, -0.2) is 29.4 Å². The van der Waals surface area contributed by atoms with Crippen LogP contribution in [0.4, 0.5) is 0 Å². The van der Waals surface area contributed by atoms with Gasteiger partial charge in [0, 0.05) is 16.2 Å². The van der Waals surface area contributed by atoms with Crippen molar-refractivity contribution < 1.29 is 19.1 Å². The molecule has 0 aliphatic rings. The molecule has 0 N–H and O–H groups in total. The summed E-state index contributed by atoms with van der Waals surface area (Å²) in [5.41, 5.74) is 0.776. The zero-order valence-electron chi connectivity index (χ0n) is 14.7. The van der Waals surface area contributed by atoms with E-state index in [1.165, 1.54) is 11.8 Å². The van der Waals surface area contributed by atoms with Crippen molar-refractivity contribution in [1.29, 1.82) is 0 Å². The smallest absolute Gasteiger partial charge is 0.344 e. The molecule has 5 nitrogen and oxygen atoms in total. The van der Waals surface area contributed by atoms with Gasteiger partial charge < -0.3 is 9.47 Å². The Kier molecular flexibility index (Phi) is 6.20. The molecule has 0 spiro atoms. The van der Waals surface area contributed by atoms with Gasteiger partial charge in [0.1, 0.15) is 16.4 Å². The van der Waals surface area contributed by atoms with Crippen LogP contribution in [0.25, 0.3) is 0 Å². The van der Waals surface area contributed by atoms with Crippen LogP contribution in [0.15, 0.2) is 46.3 Å². The van der Waals surface area contributed by atoms with Crippen molar-refractivity contribution in [2.24, 2.45) is 0 Å². The highest BCUT2D eigenvalue weighted by molar-refractivity contribution is 7.99. The van der Waals surface area contributed by atoms with E-state index in [9.17, 15) is 9.59 Å². The Morgan fingerprint density at radius 3 is 2.40 bits per heavy atom. The molecule has 0 saturated heterocycles. The number of nitrogens with zero attached hydrogens (tertiary/aromatic N) is 1. The molecule has 0 atom stereocenters. The Balaban J connectivity index is 1.92. The van der Waals surface area contributed by atoms with E-state index in [1.807, 2.05) is 39.0 Å². The monoisotopic (exact) mass is 359 g/mol. The summed E-state index contributed by atoms with van der Waals surface area (Å²) in [5, 5.41) is 0.811. The van der Waals surface area contributed by atoms with Crippen LogP contribution >= 0.6 is 11.8 Å². The normalized spacial score (nSPS) is 11.0. The Labute approximate surface area is 151 Å². The number of hydrogen-bond donors (Lipinski definition) is 0. The topological polar surface area (TPSA) is 65.5 Å². The van der Waals surface area contributed by atoms with Crippen LogP contribution in [0.3, 0.4) is 0 Å². The van der Waals surface area contributed by atoms with Gasteiger partial charge in [-0.2, -0.15) is 0 Å². The van der Waals surface area contributed by atoms with Gasteiger partial charge in [0.2, 0.25) is 0 Å². The maximum atomic E-state index is 11.6. The molecule has 2 rings (SSSR count). The largest absolute Gasteiger partial charge is 0.482 e. The number of aromatic nitrogens is 1. The number of aldehydes is 1. The minimum atomic E-state index is -0.522. The standard InChI is InChI=1S/C19H21NO4S/c1-13-14(11-21)5-10-17(20-13)25-16-8-6-15(7-9-16)23-12-18(22)24-19(2,3)4/h5-11H,12H2,1-4H3. The predicted octanol–water partition coefficient (Wildman–Crippen LogP) is 4.07. The molecule has 0 amide bonds. The van der Waals surface area contributed by atoms with Crippen LogP contribution in [0.1, 0.15) is 36.8 Å². The number of aryl methyl sites for hydroxylation is 1. The van der Waals surface area contributed by atoms with Crippen LogP contribution < -0.4 is 4.74 Å². The lowest BCUT2D eigenvalue weighted by Gasteiger charge is -2.19. The Hall–Kier alpha value is -2.34. The molecule has 1 aromatic heterocycles. The van der Waals surface area contributed by atoms with Gasteiger partial charge in [-0.25, -0.2) is 9.78 Å². The molecule has 0 unspecified atom stereocenters. The molecule has 0 saturated carbocycles. The Morgan fingerprint density at radius 1 is 1.16 bits per heavy atom. The number of esters is 1. The summed E-state index contributed by atoms with van der Waals surface area (Å²) in [5.74, 6) is 0.191. The van der Waals surface area contributed by atoms with Crippen molar-refractivity contribution in [2.45, 2.75) is 43.2 Å². The minimum absolute atomic E-state index is 0.127. The zero-order chi connectivity index (χ0) is 18.4. The average Bonchev–Trinajstić information content (AvgIpc) is 2.53. The first-order valence-corrected chi connectivity index (χ1v) is 8.64. The van der Waals surface area contributed by atoms with Crippen molar-refractivity contribution in [3.05, 3.63) is 47.7 Å². The lowest BCUT2D eigenvalue weighted by Crippen LogP contribution is -2.27. The van der Waals surface area contributed by atoms with Gasteiger partial charge in [-0.15, -0.1) is 0 Å². The fourth-order valence-corrected chi connectivity index (χ4v) is 2.80. The summed E-state index contributed by atoms with van der Waals surface area (Å²) in [7, 11) is 0. The molecule has 0 bridgehead atoms. The number of pyridine rings is 1. The summed E-state index contributed by atoms with van der Waals surface area (Å²) in [4.78, 5) is 27.8. The van der Waals surface area contributed by atoms with Crippen LogP contribution in [0, 0.1) is 6.92 Å². The van der Waals surface area contributed by atoms with E-state index in [1.54, 1.807) is 25.1 Å². The molecule has 0 aliphatic heterocycles. The van der Waals surface area contributed by atoms with E-state index in [-0.39, 0.29) is 6.61 Å². The van der Waals surface area contributed by atoms with Gasteiger partial charge >= 0.3 is 5.97 Å². The summed E-state index contributed by atoms with van der Waals surface area (Å²) >= 11 is 1.49. The predicted molar refractivity (Wildman–Crippen MR) is 96.3 cm³/mol. The van der Waals surface area contributed by atoms with Gasteiger partial charge in [-0.3, -0.25) is 4.79 Å². The van der Waals surface area contributed by atoms with Crippen molar-refractivity contribution in [1.82, 2.24) is 4.98 Å². The second kappa shape index (κ2) is 8.16. The van der Waals surface area contributed by atoms with Crippen molar-refractivity contribution in [3.63, 3.8) is 0 Å². The minimum Gasteiger partial charge on any atom is -0.482 e. The highest BCUT2D eigenvalue weighted by Crippen LogP contribution is 2.28. The molecule has 1 heterocycles. The van der Waals surface area contributed by atoms with Crippen LogP contribution in [0.2, 0.25) is 0 Å². The van der Waals surface area contributed by atoms with E-state index < -0.39 is 11.6 Å². The highest BCUT2D eigenvalue weighted by atomic mass is 32.2. The first kappa shape index (κ1) is 19.0. The third kappa shape index (κ3) is 6.23. The fraction of sp³-hybridized carbons (Fsp3) is 0.316. The Bertz CT molecular complexity index is 751.